The van der Waals surface area contributed by atoms with Crippen molar-refractivity contribution in [2.24, 2.45) is 5.73 Å². The molecular weight excluding hydrogens is 294 g/mol. The summed E-state index contributed by atoms with van der Waals surface area (Å²) in [4.78, 5) is 10.7. The van der Waals surface area contributed by atoms with Gasteiger partial charge in [0.05, 0.1) is 12.3 Å². The summed E-state index contributed by atoms with van der Waals surface area (Å²) in [6.45, 7) is 2.60. The number of benzene rings is 1. The van der Waals surface area contributed by atoms with Gasteiger partial charge in [-0.25, -0.2) is 13.1 Å². The Morgan fingerprint density at radius 1 is 1.29 bits per heavy atom. The van der Waals surface area contributed by atoms with Crippen molar-refractivity contribution in [3.63, 3.8) is 0 Å². The number of hydrogen-bond acceptors (Lipinski definition) is 5. The molecule has 0 aliphatic heterocycles. The van der Waals surface area contributed by atoms with E-state index in [1.807, 2.05) is 6.92 Å². The number of ether oxygens (including phenoxy) is 1. The Balaban J connectivity index is 2.63. The van der Waals surface area contributed by atoms with E-state index in [4.69, 9.17) is 10.5 Å². The SMILES string of the molecule is CCCNc1ccccc1S(=O)(=O)NCCOCC(N)=O. The van der Waals surface area contributed by atoms with Gasteiger partial charge in [0.15, 0.2) is 0 Å². The van der Waals surface area contributed by atoms with Gasteiger partial charge in [0.1, 0.15) is 11.5 Å². The number of primary amides is 1. The smallest absolute Gasteiger partial charge is 0.243 e. The van der Waals surface area contributed by atoms with Crippen LogP contribution in [0.1, 0.15) is 13.3 Å². The lowest BCUT2D eigenvalue weighted by molar-refractivity contribution is -0.122. The Hall–Kier alpha value is -1.64. The second kappa shape index (κ2) is 8.60. The summed E-state index contributed by atoms with van der Waals surface area (Å²) in [7, 11) is -3.63. The number of nitrogens with one attached hydrogen (secondary N) is 2. The van der Waals surface area contributed by atoms with Gasteiger partial charge in [-0.15, -0.1) is 0 Å². The Kier molecular flexibility index (Phi) is 7.13. The van der Waals surface area contributed by atoms with Gasteiger partial charge in [0.2, 0.25) is 15.9 Å². The fourth-order valence-electron chi connectivity index (χ4n) is 1.61. The lowest BCUT2D eigenvalue weighted by Gasteiger charge is -2.12. The second-order valence-corrected chi connectivity index (χ2v) is 6.07. The van der Waals surface area contributed by atoms with E-state index in [9.17, 15) is 13.2 Å². The minimum absolute atomic E-state index is 0.0672. The van der Waals surface area contributed by atoms with Gasteiger partial charge in [-0.1, -0.05) is 19.1 Å². The van der Waals surface area contributed by atoms with Gasteiger partial charge >= 0.3 is 0 Å². The Bertz CT molecular complexity index is 560. The Morgan fingerprint density at radius 2 is 2.00 bits per heavy atom. The molecule has 0 saturated heterocycles. The van der Waals surface area contributed by atoms with Crippen LogP contribution in [0.4, 0.5) is 5.69 Å². The van der Waals surface area contributed by atoms with Crippen molar-refractivity contribution in [3.8, 4) is 0 Å². The van der Waals surface area contributed by atoms with E-state index in [0.717, 1.165) is 6.42 Å². The van der Waals surface area contributed by atoms with E-state index in [1.54, 1.807) is 18.2 Å². The summed E-state index contributed by atoms with van der Waals surface area (Å²) >= 11 is 0. The number of hydrogen-bond donors (Lipinski definition) is 3. The maximum absolute atomic E-state index is 12.2. The first-order valence-corrected chi connectivity index (χ1v) is 8.14. The fourth-order valence-corrected chi connectivity index (χ4v) is 2.80. The molecule has 21 heavy (non-hydrogen) atoms. The number of nitrogens with two attached hydrogens (primary N) is 1. The summed E-state index contributed by atoms with van der Waals surface area (Å²) in [5.41, 5.74) is 5.47. The van der Waals surface area contributed by atoms with E-state index in [0.29, 0.717) is 12.2 Å². The zero-order valence-corrected chi connectivity index (χ0v) is 12.8. The van der Waals surface area contributed by atoms with Crippen molar-refractivity contribution in [1.82, 2.24) is 4.72 Å². The van der Waals surface area contributed by atoms with Crippen LogP contribution in [-0.2, 0) is 19.6 Å². The number of rotatable bonds is 10. The van der Waals surface area contributed by atoms with E-state index < -0.39 is 15.9 Å². The zero-order chi connectivity index (χ0) is 15.7. The number of amides is 1. The molecule has 1 aromatic carbocycles. The molecule has 8 heteroatoms. The molecule has 0 atom stereocenters. The fraction of sp³-hybridized carbons (Fsp3) is 0.462. The molecule has 0 aliphatic carbocycles. The summed E-state index contributed by atoms with van der Waals surface area (Å²) < 4.78 is 31.8. The number of carbonyl (C=O) groups is 1. The molecule has 0 heterocycles. The average molecular weight is 315 g/mol. The molecule has 0 radical (unpaired) electrons. The predicted octanol–water partition coefficient (Wildman–Crippen LogP) is 0.289. The van der Waals surface area contributed by atoms with E-state index >= 15 is 0 Å². The molecule has 0 bridgehead atoms. The lowest BCUT2D eigenvalue weighted by Crippen LogP contribution is -2.29. The first kappa shape index (κ1) is 17.4. The maximum Gasteiger partial charge on any atom is 0.243 e. The molecule has 7 nitrogen and oxygen atoms in total. The average Bonchev–Trinajstić information content (AvgIpc) is 2.44. The molecule has 0 saturated carbocycles. The molecule has 4 N–H and O–H groups in total. The highest BCUT2D eigenvalue weighted by molar-refractivity contribution is 7.89. The zero-order valence-electron chi connectivity index (χ0n) is 12.0. The predicted molar refractivity (Wildman–Crippen MR) is 80.4 cm³/mol. The van der Waals surface area contributed by atoms with Crippen LogP contribution in [0.3, 0.4) is 0 Å². The van der Waals surface area contributed by atoms with Crippen LogP contribution < -0.4 is 15.8 Å². The number of anilines is 1. The van der Waals surface area contributed by atoms with E-state index in [-0.39, 0.29) is 24.7 Å². The Morgan fingerprint density at radius 3 is 2.67 bits per heavy atom. The lowest BCUT2D eigenvalue weighted by atomic mass is 10.3. The van der Waals surface area contributed by atoms with Gasteiger partial charge in [-0.05, 0) is 18.6 Å². The first-order chi connectivity index (χ1) is 9.97. The third-order valence-corrected chi connectivity index (χ3v) is 4.04. The largest absolute Gasteiger partial charge is 0.384 e. The van der Waals surface area contributed by atoms with E-state index in [2.05, 4.69) is 10.0 Å². The first-order valence-electron chi connectivity index (χ1n) is 6.66. The molecule has 0 fully saturated rings. The van der Waals surface area contributed by atoms with Crippen LogP contribution in [0.2, 0.25) is 0 Å². The quantitative estimate of drug-likeness (QED) is 0.537. The minimum Gasteiger partial charge on any atom is -0.384 e. The molecule has 1 amide bonds. The third kappa shape index (κ3) is 6.11. The molecule has 118 valence electrons. The van der Waals surface area contributed by atoms with Crippen molar-refractivity contribution in [3.05, 3.63) is 24.3 Å². The summed E-state index contributed by atoms with van der Waals surface area (Å²) in [5.74, 6) is -0.591. The highest BCUT2D eigenvalue weighted by Crippen LogP contribution is 2.20. The van der Waals surface area contributed by atoms with Crippen LogP contribution >= 0.6 is 0 Å². The van der Waals surface area contributed by atoms with Crippen molar-refractivity contribution in [2.75, 3.05) is 31.6 Å². The minimum atomic E-state index is -3.63. The van der Waals surface area contributed by atoms with Crippen LogP contribution in [0.5, 0.6) is 0 Å². The van der Waals surface area contributed by atoms with Gasteiger partial charge in [-0.2, -0.15) is 0 Å². The van der Waals surface area contributed by atoms with Crippen molar-refractivity contribution >= 4 is 21.6 Å². The monoisotopic (exact) mass is 315 g/mol. The van der Waals surface area contributed by atoms with Crippen LogP contribution in [0.15, 0.2) is 29.2 Å². The van der Waals surface area contributed by atoms with Gasteiger partial charge in [0.25, 0.3) is 0 Å². The molecule has 0 spiro atoms. The standard InChI is InChI=1S/C13H21N3O4S/c1-2-7-15-11-5-3-4-6-12(11)21(18,19)16-8-9-20-10-13(14)17/h3-6,15-16H,2,7-10H2,1H3,(H2,14,17). The number of para-hydroxylation sites is 1. The summed E-state index contributed by atoms with van der Waals surface area (Å²) in [5, 5.41) is 3.07. The van der Waals surface area contributed by atoms with Crippen LogP contribution in [-0.4, -0.2) is 40.6 Å². The molecule has 0 aliphatic rings. The summed E-state index contributed by atoms with van der Waals surface area (Å²) in [6, 6.07) is 6.68. The van der Waals surface area contributed by atoms with Crippen molar-refractivity contribution in [1.29, 1.82) is 0 Å². The normalized spacial score (nSPS) is 11.3. The van der Waals surface area contributed by atoms with Crippen LogP contribution in [0.25, 0.3) is 0 Å². The molecular formula is C13H21N3O4S. The number of carbonyl (C=O) groups excluding carboxylic acids is 1. The highest BCUT2D eigenvalue weighted by Gasteiger charge is 2.17. The van der Waals surface area contributed by atoms with Gasteiger partial charge < -0.3 is 15.8 Å². The third-order valence-electron chi connectivity index (χ3n) is 2.52. The molecule has 0 aromatic heterocycles. The van der Waals surface area contributed by atoms with Crippen molar-refractivity contribution in [2.45, 2.75) is 18.2 Å². The van der Waals surface area contributed by atoms with Crippen molar-refractivity contribution < 1.29 is 17.9 Å². The highest BCUT2D eigenvalue weighted by atomic mass is 32.2. The number of sulfonamides is 1. The molecule has 0 unspecified atom stereocenters. The van der Waals surface area contributed by atoms with E-state index in [1.165, 1.54) is 6.07 Å². The van der Waals surface area contributed by atoms with Gasteiger partial charge in [0, 0.05) is 13.1 Å². The van der Waals surface area contributed by atoms with Gasteiger partial charge in [-0.3, -0.25) is 4.79 Å². The topological polar surface area (TPSA) is 111 Å². The molecule has 1 aromatic rings. The summed E-state index contributed by atoms with van der Waals surface area (Å²) in [6.07, 6.45) is 0.892. The Labute approximate surface area is 124 Å². The second-order valence-electron chi connectivity index (χ2n) is 4.34. The molecule has 1 rings (SSSR count). The maximum atomic E-state index is 12.2. The van der Waals surface area contributed by atoms with Crippen LogP contribution in [0, 0.1) is 0 Å².